The molecule has 3 N–H and O–H groups in total. The summed E-state index contributed by atoms with van der Waals surface area (Å²) in [6.07, 6.45) is 1.17. The van der Waals surface area contributed by atoms with Crippen LogP contribution in [0.15, 0.2) is 0 Å². The summed E-state index contributed by atoms with van der Waals surface area (Å²) < 4.78 is 0. The van der Waals surface area contributed by atoms with E-state index in [0.717, 1.165) is 0 Å². The predicted molar refractivity (Wildman–Crippen MR) is 65.9 cm³/mol. The van der Waals surface area contributed by atoms with Crippen molar-refractivity contribution in [2.24, 2.45) is 0 Å². The Morgan fingerprint density at radius 1 is 1.41 bits per heavy atom. The van der Waals surface area contributed by atoms with Gasteiger partial charge in [-0.15, -0.1) is 0 Å². The number of nitrogens with one attached hydrogen (secondary N) is 2. The zero-order valence-corrected chi connectivity index (χ0v) is 10.6. The molecule has 0 aliphatic rings. The first-order valence-corrected chi connectivity index (χ1v) is 6.54. The van der Waals surface area contributed by atoms with Gasteiger partial charge < -0.3 is 15.7 Å². The van der Waals surface area contributed by atoms with Crippen molar-refractivity contribution in [1.29, 1.82) is 0 Å². The van der Waals surface area contributed by atoms with Gasteiger partial charge >= 0.3 is 5.97 Å². The van der Waals surface area contributed by atoms with Gasteiger partial charge in [-0.2, -0.15) is 11.8 Å². The molecule has 0 fully saturated rings. The van der Waals surface area contributed by atoms with E-state index >= 15 is 0 Å². The van der Waals surface area contributed by atoms with Crippen LogP contribution in [0, 0.1) is 0 Å². The van der Waals surface area contributed by atoms with Crippen LogP contribution in [0.5, 0.6) is 0 Å². The molecule has 98 valence electrons. The maximum Gasteiger partial charge on any atom is 0.326 e. The van der Waals surface area contributed by atoms with Gasteiger partial charge in [0, 0.05) is 18.7 Å². The molecule has 0 saturated heterocycles. The zero-order chi connectivity index (χ0) is 13.1. The van der Waals surface area contributed by atoms with Crippen molar-refractivity contribution in [3.05, 3.63) is 0 Å². The molecule has 7 heteroatoms. The van der Waals surface area contributed by atoms with E-state index in [-0.39, 0.29) is 5.91 Å². The molecule has 0 aliphatic carbocycles. The van der Waals surface area contributed by atoms with Crippen LogP contribution in [0.1, 0.15) is 19.8 Å². The monoisotopic (exact) mass is 262 g/mol. The Hall–Kier alpha value is -1.24. The minimum atomic E-state index is -1.04. The Morgan fingerprint density at radius 3 is 2.65 bits per heavy atom. The molecule has 0 radical (unpaired) electrons. The molecule has 17 heavy (non-hydrogen) atoms. The van der Waals surface area contributed by atoms with E-state index in [4.69, 9.17) is 5.11 Å². The summed E-state index contributed by atoms with van der Waals surface area (Å²) in [6.45, 7) is 2.47. The quantitative estimate of drug-likeness (QED) is 0.375. The van der Waals surface area contributed by atoms with Crippen LogP contribution in [0.25, 0.3) is 0 Å². The molecule has 1 unspecified atom stereocenters. The summed E-state index contributed by atoms with van der Waals surface area (Å²) in [4.78, 5) is 31.9. The smallest absolute Gasteiger partial charge is 0.326 e. The minimum Gasteiger partial charge on any atom is -0.480 e. The third-order valence-corrected chi connectivity index (χ3v) is 2.98. The number of rotatable bonds is 10. The standard InChI is InChI=1S/C10H18N2O4S/c1-2-11-9(14)4-6-17-5-3-8(10(15)16)12-7-13/h7-8H,2-6H2,1H3,(H,11,14)(H,12,13)(H,15,16). The summed E-state index contributed by atoms with van der Waals surface area (Å²) in [5.74, 6) is 0.207. The highest BCUT2D eigenvalue weighted by Gasteiger charge is 2.15. The van der Waals surface area contributed by atoms with Crippen LogP contribution in [-0.2, 0) is 14.4 Å². The van der Waals surface area contributed by atoms with Crippen molar-refractivity contribution in [2.45, 2.75) is 25.8 Å². The lowest BCUT2D eigenvalue weighted by Gasteiger charge is -2.10. The summed E-state index contributed by atoms with van der Waals surface area (Å²) >= 11 is 1.50. The van der Waals surface area contributed by atoms with Gasteiger partial charge in [0.2, 0.25) is 12.3 Å². The molecular weight excluding hydrogens is 244 g/mol. The fourth-order valence-electron chi connectivity index (χ4n) is 1.11. The van der Waals surface area contributed by atoms with E-state index in [9.17, 15) is 14.4 Å². The Morgan fingerprint density at radius 2 is 2.12 bits per heavy atom. The molecule has 0 bridgehead atoms. The number of thioether (sulfide) groups is 1. The number of aliphatic carboxylic acids is 1. The van der Waals surface area contributed by atoms with Crippen LogP contribution in [0.2, 0.25) is 0 Å². The normalized spacial score (nSPS) is 11.6. The lowest BCUT2D eigenvalue weighted by Crippen LogP contribution is -2.36. The summed E-state index contributed by atoms with van der Waals surface area (Å²) in [5.41, 5.74) is 0. The van der Waals surface area contributed by atoms with Crippen LogP contribution < -0.4 is 10.6 Å². The Balaban J connectivity index is 3.58. The van der Waals surface area contributed by atoms with Crippen LogP contribution >= 0.6 is 11.8 Å². The first-order chi connectivity index (χ1) is 8.11. The van der Waals surface area contributed by atoms with E-state index in [0.29, 0.717) is 37.3 Å². The molecule has 2 amide bonds. The van der Waals surface area contributed by atoms with E-state index < -0.39 is 12.0 Å². The van der Waals surface area contributed by atoms with Gasteiger partial charge in [-0.25, -0.2) is 4.79 Å². The van der Waals surface area contributed by atoms with Crippen LogP contribution in [0.3, 0.4) is 0 Å². The number of carboxylic acid groups (broad SMARTS) is 1. The Labute approximate surface area is 105 Å². The maximum absolute atomic E-state index is 11.1. The van der Waals surface area contributed by atoms with E-state index in [1.807, 2.05) is 6.92 Å². The average molecular weight is 262 g/mol. The lowest BCUT2D eigenvalue weighted by atomic mass is 10.2. The summed E-state index contributed by atoms with van der Waals surface area (Å²) in [6, 6.07) is -0.843. The van der Waals surface area contributed by atoms with E-state index in [1.54, 1.807) is 0 Å². The Kier molecular flexibility index (Phi) is 9.22. The first kappa shape index (κ1) is 15.8. The molecular formula is C10H18N2O4S. The van der Waals surface area contributed by atoms with Crippen molar-refractivity contribution in [1.82, 2.24) is 10.6 Å². The highest BCUT2D eigenvalue weighted by Crippen LogP contribution is 2.06. The van der Waals surface area contributed by atoms with E-state index in [2.05, 4.69) is 10.6 Å². The highest BCUT2D eigenvalue weighted by atomic mass is 32.2. The molecule has 6 nitrogen and oxygen atoms in total. The fourth-order valence-corrected chi connectivity index (χ4v) is 2.05. The molecule has 0 aromatic carbocycles. The van der Waals surface area contributed by atoms with Crippen molar-refractivity contribution in [2.75, 3.05) is 18.1 Å². The first-order valence-electron chi connectivity index (χ1n) is 5.38. The van der Waals surface area contributed by atoms with Gasteiger partial charge in [-0.3, -0.25) is 9.59 Å². The number of carbonyl (C=O) groups excluding carboxylic acids is 2. The predicted octanol–water partition coefficient (Wildman–Crippen LogP) is -0.165. The van der Waals surface area contributed by atoms with Gasteiger partial charge in [-0.05, 0) is 19.1 Å². The molecule has 1 atom stereocenters. The minimum absolute atomic E-state index is 0.000742. The number of carbonyl (C=O) groups is 3. The third kappa shape index (κ3) is 8.56. The second kappa shape index (κ2) is 9.95. The third-order valence-electron chi connectivity index (χ3n) is 1.97. The fraction of sp³-hybridized carbons (Fsp3) is 0.700. The van der Waals surface area contributed by atoms with Crippen molar-refractivity contribution < 1.29 is 19.5 Å². The van der Waals surface area contributed by atoms with E-state index in [1.165, 1.54) is 11.8 Å². The van der Waals surface area contributed by atoms with Gasteiger partial charge in [0.25, 0.3) is 0 Å². The van der Waals surface area contributed by atoms with Gasteiger partial charge in [0.1, 0.15) is 6.04 Å². The molecule has 0 rings (SSSR count). The highest BCUT2D eigenvalue weighted by molar-refractivity contribution is 7.99. The van der Waals surface area contributed by atoms with Crippen molar-refractivity contribution in [3.8, 4) is 0 Å². The topological polar surface area (TPSA) is 95.5 Å². The number of carboxylic acids is 1. The molecule has 0 heterocycles. The van der Waals surface area contributed by atoms with Crippen LogP contribution in [0.4, 0.5) is 0 Å². The zero-order valence-electron chi connectivity index (χ0n) is 9.77. The SMILES string of the molecule is CCNC(=O)CCSCCC(NC=O)C(=O)O. The largest absolute Gasteiger partial charge is 0.480 e. The number of amides is 2. The van der Waals surface area contributed by atoms with Crippen LogP contribution in [-0.4, -0.2) is 47.5 Å². The van der Waals surface area contributed by atoms with Crippen molar-refractivity contribution in [3.63, 3.8) is 0 Å². The summed E-state index contributed by atoms with van der Waals surface area (Å²) in [7, 11) is 0. The lowest BCUT2D eigenvalue weighted by molar-refractivity contribution is -0.140. The molecule has 0 spiro atoms. The average Bonchev–Trinajstić information content (AvgIpc) is 2.27. The Bertz CT molecular complexity index is 261. The molecule has 0 saturated carbocycles. The number of hydrogen-bond acceptors (Lipinski definition) is 4. The maximum atomic E-state index is 11.1. The number of hydrogen-bond donors (Lipinski definition) is 3. The molecule has 0 aromatic rings. The summed E-state index contributed by atoms with van der Waals surface area (Å²) in [5, 5.41) is 13.6. The molecule has 0 aromatic heterocycles. The van der Waals surface area contributed by atoms with Gasteiger partial charge in [0.15, 0.2) is 0 Å². The van der Waals surface area contributed by atoms with Gasteiger partial charge in [0.05, 0.1) is 0 Å². The van der Waals surface area contributed by atoms with Gasteiger partial charge in [-0.1, -0.05) is 0 Å². The second-order valence-electron chi connectivity index (χ2n) is 3.28. The second-order valence-corrected chi connectivity index (χ2v) is 4.50. The van der Waals surface area contributed by atoms with Crippen molar-refractivity contribution >= 4 is 30.0 Å². The molecule has 0 aliphatic heterocycles.